The van der Waals surface area contributed by atoms with Gasteiger partial charge in [-0.3, -0.25) is 0 Å². The summed E-state index contributed by atoms with van der Waals surface area (Å²) in [6.07, 6.45) is 7.82. The van der Waals surface area contributed by atoms with Gasteiger partial charge in [0.2, 0.25) is 0 Å². The molecule has 0 aromatic carbocycles. The van der Waals surface area contributed by atoms with Crippen LogP contribution in [0.3, 0.4) is 0 Å². The maximum atomic E-state index is 9.48. The molecule has 3 heteroatoms. The van der Waals surface area contributed by atoms with Crippen LogP contribution in [-0.4, -0.2) is 18.7 Å². The van der Waals surface area contributed by atoms with Crippen LogP contribution in [0.25, 0.3) is 0 Å². The first-order valence-electron chi connectivity index (χ1n) is 5.24. The molecule has 1 aliphatic rings. The van der Waals surface area contributed by atoms with Gasteiger partial charge in [0.05, 0.1) is 0 Å². The van der Waals surface area contributed by atoms with Crippen molar-refractivity contribution in [1.82, 2.24) is 0 Å². The molecule has 1 N–H and O–H groups in total. The first-order chi connectivity index (χ1) is 7.29. The van der Waals surface area contributed by atoms with Gasteiger partial charge >= 0.3 is 7.12 Å². The van der Waals surface area contributed by atoms with Crippen LogP contribution >= 0.6 is 0 Å². The van der Waals surface area contributed by atoms with Crippen LogP contribution in [0.15, 0.2) is 48.5 Å². The third kappa shape index (κ3) is 4.32. The van der Waals surface area contributed by atoms with E-state index >= 15 is 0 Å². The molecule has 0 unspecified atom stereocenters. The van der Waals surface area contributed by atoms with Crippen molar-refractivity contribution >= 4 is 7.12 Å². The number of rotatable bonds is 2. The average Bonchev–Trinajstić information content (AvgIpc) is 2.26. The van der Waals surface area contributed by atoms with Crippen molar-refractivity contribution in [3.05, 3.63) is 48.5 Å². The van der Waals surface area contributed by atoms with E-state index in [9.17, 15) is 5.02 Å². The van der Waals surface area contributed by atoms with Gasteiger partial charge in [-0.1, -0.05) is 51.3 Å². The molecule has 0 aliphatic carbocycles. The second-order valence-corrected chi connectivity index (χ2v) is 2.76. The van der Waals surface area contributed by atoms with Crippen LogP contribution in [0.2, 0.25) is 0 Å². The Balaban J connectivity index is 0.000000921. The highest BCUT2D eigenvalue weighted by Crippen LogP contribution is 2.22. The molecule has 1 aliphatic heterocycles. The Kier molecular flexibility index (Phi) is 7.69. The first kappa shape index (κ1) is 13.9. The third-order valence-electron chi connectivity index (χ3n) is 1.90. The molecule has 0 aromatic rings. The van der Waals surface area contributed by atoms with Crippen LogP contribution in [0.4, 0.5) is 0 Å². The molecule has 0 saturated carbocycles. The molecule has 1 heterocycles. The summed E-state index contributed by atoms with van der Waals surface area (Å²) < 4.78 is 5.08. The minimum atomic E-state index is -0.821. The van der Waals surface area contributed by atoms with Crippen molar-refractivity contribution in [3.63, 3.8) is 0 Å². The van der Waals surface area contributed by atoms with Crippen LogP contribution in [0.1, 0.15) is 20.3 Å². The van der Waals surface area contributed by atoms with Crippen molar-refractivity contribution in [3.8, 4) is 0 Å². The van der Waals surface area contributed by atoms with E-state index in [1.54, 1.807) is 18.2 Å². The van der Waals surface area contributed by atoms with Crippen LogP contribution in [0.5, 0.6) is 0 Å². The van der Waals surface area contributed by atoms with Gasteiger partial charge in [-0.05, 0) is 17.5 Å². The Morgan fingerprint density at radius 3 is 2.40 bits per heavy atom. The monoisotopic (exact) mass is 206 g/mol. The van der Waals surface area contributed by atoms with E-state index in [0.717, 1.165) is 17.5 Å². The summed E-state index contributed by atoms with van der Waals surface area (Å²) in [7, 11) is -0.821. The summed E-state index contributed by atoms with van der Waals surface area (Å²) in [6.45, 7) is 11.8. The molecule has 0 atom stereocenters. The Hall–Kier alpha value is -1.06. The molecule has 1 rings (SSSR count). The number of hydrogen-bond acceptors (Lipinski definition) is 2. The minimum absolute atomic E-state index is 0.551. The summed E-state index contributed by atoms with van der Waals surface area (Å²) in [6, 6.07) is 0. The van der Waals surface area contributed by atoms with E-state index < -0.39 is 7.12 Å². The molecular formula is C12H19BO2. The fourth-order valence-electron chi connectivity index (χ4n) is 1.31. The Morgan fingerprint density at radius 2 is 1.87 bits per heavy atom. The summed E-state index contributed by atoms with van der Waals surface area (Å²) in [5, 5.41) is 9.48. The lowest BCUT2D eigenvalue weighted by molar-refractivity contribution is 0.259. The zero-order chi connectivity index (χ0) is 11.7. The number of hydrogen-bond donors (Lipinski definition) is 1. The maximum Gasteiger partial charge on any atom is 0.491 e. The quantitative estimate of drug-likeness (QED) is 0.703. The van der Waals surface area contributed by atoms with Crippen molar-refractivity contribution in [1.29, 1.82) is 0 Å². The van der Waals surface area contributed by atoms with Crippen molar-refractivity contribution < 1.29 is 9.68 Å². The predicted octanol–water partition coefficient (Wildman–Crippen LogP) is 2.68. The van der Waals surface area contributed by atoms with Gasteiger partial charge < -0.3 is 9.68 Å². The SMILES string of the molecule is C=C/C=C1/CCOB(O)/C1=C/C=C.CC. The van der Waals surface area contributed by atoms with E-state index in [2.05, 4.69) is 13.2 Å². The lowest BCUT2D eigenvalue weighted by Crippen LogP contribution is -2.28. The van der Waals surface area contributed by atoms with Crippen molar-refractivity contribution in [2.24, 2.45) is 0 Å². The van der Waals surface area contributed by atoms with Crippen LogP contribution < -0.4 is 0 Å². The van der Waals surface area contributed by atoms with E-state index in [1.807, 2.05) is 19.9 Å². The summed E-state index contributed by atoms with van der Waals surface area (Å²) in [4.78, 5) is 0. The predicted molar refractivity (Wildman–Crippen MR) is 66.4 cm³/mol. The van der Waals surface area contributed by atoms with E-state index in [-0.39, 0.29) is 0 Å². The topological polar surface area (TPSA) is 29.5 Å². The maximum absolute atomic E-state index is 9.48. The Bertz CT molecular complexity index is 267. The van der Waals surface area contributed by atoms with Crippen LogP contribution in [0, 0.1) is 0 Å². The molecule has 2 nitrogen and oxygen atoms in total. The lowest BCUT2D eigenvalue weighted by Gasteiger charge is -2.20. The smallest absolute Gasteiger partial charge is 0.423 e. The number of allylic oxidation sites excluding steroid dienone is 5. The fourth-order valence-corrected chi connectivity index (χ4v) is 1.31. The summed E-state index contributed by atoms with van der Waals surface area (Å²) in [5.74, 6) is 0. The molecule has 82 valence electrons. The average molecular weight is 206 g/mol. The molecule has 0 aromatic heterocycles. The van der Waals surface area contributed by atoms with Gasteiger partial charge in [-0.2, -0.15) is 0 Å². The molecule has 0 bridgehead atoms. The molecule has 15 heavy (non-hydrogen) atoms. The first-order valence-corrected chi connectivity index (χ1v) is 5.24. The zero-order valence-corrected chi connectivity index (χ0v) is 9.57. The summed E-state index contributed by atoms with van der Waals surface area (Å²) in [5.41, 5.74) is 1.84. The van der Waals surface area contributed by atoms with Gasteiger partial charge in [0.15, 0.2) is 0 Å². The highest BCUT2D eigenvalue weighted by molar-refractivity contribution is 6.54. The van der Waals surface area contributed by atoms with Crippen molar-refractivity contribution in [2.45, 2.75) is 20.3 Å². The normalized spacial score (nSPS) is 20.9. The Morgan fingerprint density at radius 1 is 1.27 bits per heavy atom. The van der Waals surface area contributed by atoms with Gasteiger partial charge in [0.1, 0.15) is 0 Å². The van der Waals surface area contributed by atoms with Gasteiger partial charge in [-0.25, -0.2) is 0 Å². The van der Waals surface area contributed by atoms with E-state index in [4.69, 9.17) is 4.65 Å². The molecule has 1 fully saturated rings. The Labute approximate surface area is 92.8 Å². The van der Waals surface area contributed by atoms with E-state index in [1.165, 1.54) is 0 Å². The standard InChI is InChI=1S/C10H13BO2.C2H6/c1-3-5-9-7-8-13-11(12)10(9)6-4-2;1-2/h3-6,12H,1-2,7-8H2;1-2H3/b9-5-,10-6+;. The fraction of sp³-hybridized carbons (Fsp3) is 0.333. The zero-order valence-electron chi connectivity index (χ0n) is 9.57. The lowest BCUT2D eigenvalue weighted by atomic mass is 9.71. The molecular weight excluding hydrogens is 187 g/mol. The van der Waals surface area contributed by atoms with Crippen LogP contribution in [-0.2, 0) is 4.65 Å². The van der Waals surface area contributed by atoms with Gasteiger partial charge in [-0.15, -0.1) is 0 Å². The van der Waals surface area contributed by atoms with Gasteiger partial charge in [0, 0.05) is 6.61 Å². The highest BCUT2D eigenvalue weighted by Gasteiger charge is 2.26. The van der Waals surface area contributed by atoms with Gasteiger partial charge in [0.25, 0.3) is 0 Å². The second-order valence-electron chi connectivity index (χ2n) is 2.76. The molecule has 0 radical (unpaired) electrons. The highest BCUT2D eigenvalue weighted by atomic mass is 16.5. The third-order valence-corrected chi connectivity index (χ3v) is 1.90. The second kappa shape index (κ2) is 8.27. The summed E-state index contributed by atoms with van der Waals surface area (Å²) >= 11 is 0. The molecule has 0 spiro atoms. The molecule has 1 saturated heterocycles. The molecule has 0 amide bonds. The minimum Gasteiger partial charge on any atom is -0.423 e. The van der Waals surface area contributed by atoms with E-state index in [0.29, 0.717) is 6.61 Å². The van der Waals surface area contributed by atoms with Crippen molar-refractivity contribution in [2.75, 3.05) is 6.61 Å². The largest absolute Gasteiger partial charge is 0.491 e.